The van der Waals surface area contributed by atoms with Gasteiger partial charge in [-0.15, -0.1) is 0 Å². The Labute approximate surface area is 174 Å². The van der Waals surface area contributed by atoms with E-state index in [1.807, 2.05) is 31.2 Å². The van der Waals surface area contributed by atoms with Crippen LogP contribution in [0.3, 0.4) is 0 Å². The molecule has 30 heavy (non-hydrogen) atoms. The number of carbonyl (C=O) groups is 2. The zero-order chi connectivity index (χ0) is 21.8. The normalized spacial score (nSPS) is 11.8. The largest absolute Gasteiger partial charge is 0.449 e. The van der Waals surface area contributed by atoms with Crippen molar-refractivity contribution >= 4 is 17.6 Å². The standard InChI is InChI=1S/C23H24FN3O3/c1-14-9-11-18(12-10-14)13-27-16(3)21(15(2)26-27)23(29)30-17(4)22(28)25-20-8-6-5-7-19(20)24/h5-12,17H,13H2,1-4H3,(H,25,28)/t17-/m1/s1. The number of nitrogens with zero attached hydrogens (tertiary/aromatic N) is 2. The Kier molecular flexibility index (Phi) is 6.30. The van der Waals surface area contributed by atoms with Crippen molar-refractivity contribution < 1.29 is 18.7 Å². The Morgan fingerprint density at radius 2 is 1.77 bits per heavy atom. The second-order valence-electron chi connectivity index (χ2n) is 7.21. The summed E-state index contributed by atoms with van der Waals surface area (Å²) in [4.78, 5) is 25.0. The van der Waals surface area contributed by atoms with Gasteiger partial charge >= 0.3 is 5.97 Å². The molecule has 0 saturated heterocycles. The maximum atomic E-state index is 13.7. The number of nitrogens with one attached hydrogen (secondary N) is 1. The fourth-order valence-corrected chi connectivity index (χ4v) is 3.08. The van der Waals surface area contributed by atoms with Gasteiger partial charge in [0.1, 0.15) is 11.4 Å². The lowest BCUT2D eigenvalue weighted by Gasteiger charge is -2.14. The minimum absolute atomic E-state index is 0.0312. The summed E-state index contributed by atoms with van der Waals surface area (Å²) in [5.41, 5.74) is 3.75. The van der Waals surface area contributed by atoms with Crippen LogP contribution in [0.25, 0.3) is 0 Å². The first-order valence-electron chi connectivity index (χ1n) is 9.62. The van der Waals surface area contributed by atoms with Crippen LogP contribution in [0.4, 0.5) is 10.1 Å². The highest BCUT2D eigenvalue weighted by Crippen LogP contribution is 2.18. The van der Waals surface area contributed by atoms with Crippen molar-refractivity contribution in [2.24, 2.45) is 0 Å². The highest BCUT2D eigenvalue weighted by molar-refractivity contribution is 5.98. The molecule has 0 aliphatic heterocycles. The fraction of sp³-hybridized carbons (Fsp3) is 0.261. The summed E-state index contributed by atoms with van der Waals surface area (Å²) in [5.74, 6) is -1.82. The summed E-state index contributed by atoms with van der Waals surface area (Å²) in [6, 6.07) is 13.9. The van der Waals surface area contributed by atoms with Crippen LogP contribution in [0.1, 0.15) is 39.8 Å². The SMILES string of the molecule is Cc1ccc(Cn2nc(C)c(C(=O)O[C@H](C)C(=O)Nc3ccccc3F)c2C)cc1. The highest BCUT2D eigenvalue weighted by atomic mass is 19.1. The van der Waals surface area contributed by atoms with Crippen LogP contribution in [0, 0.1) is 26.6 Å². The van der Waals surface area contributed by atoms with E-state index in [4.69, 9.17) is 4.74 Å². The summed E-state index contributed by atoms with van der Waals surface area (Å²) in [7, 11) is 0. The lowest BCUT2D eigenvalue weighted by molar-refractivity contribution is -0.123. The molecule has 0 spiro atoms. The zero-order valence-electron chi connectivity index (χ0n) is 17.4. The van der Waals surface area contributed by atoms with E-state index in [-0.39, 0.29) is 5.69 Å². The number of amides is 1. The quantitative estimate of drug-likeness (QED) is 0.620. The first-order valence-corrected chi connectivity index (χ1v) is 9.62. The Morgan fingerprint density at radius 3 is 2.43 bits per heavy atom. The highest BCUT2D eigenvalue weighted by Gasteiger charge is 2.25. The van der Waals surface area contributed by atoms with Gasteiger partial charge in [0.25, 0.3) is 5.91 Å². The van der Waals surface area contributed by atoms with Crippen molar-refractivity contribution in [1.29, 1.82) is 0 Å². The molecule has 0 bridgehead atoms. The number of aryl methyl sites for hydroxylation is 2. The molecule has 2 aromatic carbocycles. The number of halogens is 1. The second-order valence-corrected chi connectivity index (χ2v) is 7.21. The lowest BCUT2D eigenvalue weighted by atomic mass is 10.1. The van der Waals surface area contributed by atoms with Crippen LogP contribution in [0.5, 0.6) is 0 Å². The molecule has 0 unspecified atom stereocenters. The molecule has 3 rings (SSSR count). The van der Waals surface area contributed by atoms with Crippen LogP contribution < -0.4 is 5.32 Å². The molecule has 7 heteroatoms. The summed E-state index contributed by atoms with van der Waals surface area (Å²) >= 11 is 0. The Balaban J connectivity index is 1.70. The van der Waals surface area contributed by atoms with Crippen molar-refractivity contribution in [2.75, 3.05) is 5.32 Å². The monoisotopic (exact) mass is 409 g/mol. The van der Waals surface area contributed by atoms with Gasteiger partial charge in [0.05, 0.1) is 23.6 Å². The Hall–Kier alpha value is -3.48. The third-order valence-corrected chi connectivity index (χ3v) is 4.82. The predicted molar refractivity (Wildman–Crippen MR) is 112 cm³/mol. The number of anilines is 1. The lowest BCUT2D eigenvalue weighted by Crippen LogP contribution is -2.30. The molecule has 1 amide bonds. The van der Waals surface area contributed by atoms with E-state index in [2.05, 4.69) is 10.4 Å². The number of ether oxygens (including phenoxy) is 1. The van der Waals surface area contributed by atoms with E-state index in [1.54, 1.807) is 24.6 Å². The van der Waals surface area contributed by atoms with Gasteiger partial charge in [-0.1, -0.05) is 42.0 Å². The zero-order valence-corrected chi connectivity index (χ0v) is 17.4. The van der Waals surface area contributed by atoms with Gasteiger partial charge in [-0.2, -0.15) is 5.10 Å². The van der Waals surface area contributed by atoms with Crippen molar-refractivity contribution in [3.63, 3.8) is 0 Å². The van der Waals surface area contributed by atoms with Crippen LogP contribution in [-0.2, 0) is 16.1 Å². The van der Waals surface area contributed by atoms with Crippen molar-refractivity contribution in [3.05, 3.63) is 82.4 Å². The average Bonchev–Trinajstić information content (AvgIpc) is 2.98. The molecule has 0 aliphatic carbocycles. The molecule has 3 aromatic rings. The van der Waals surface area contributed by atoms with Crippen LogP contribution in [0.15, 0.2) is 48.5 Å². The molecular weight excluding hydrogens is 385 g/mol. The van der Waals surface area contributed by atoms with Crippen LogP contribution in [-0.4, -0.2) is 27.8 Å². The van der Waals surface area contributed by atoms with Gasteiger partial charge in [-0.3, -0.25) is 9.48 Å². The summed E-state index contributed by atoms with van der Waals surface area (Å²) < 4.78 is 20.8. The molecule has 1 atom stereocenters. The number of esters is 1. The predicted octanol–water partition coefficient (Wildman–Crippen LogP) is 4.18. The fourth-order valence-electron chi connectivity index (χ4n) is 3.08. The average molecular weight is 409 g/mol. The van der Waals surface area contributed by atoms with E-state index in [9.17, 15) is 14.0 Å². The topological polar surface area (TPSA) is 73.2 Å². The van der Waals surface area contributed by atoms with Gasteiger partial charge in [0.2, 0.25) is 0 Å². The third-order valence-electron chi connectivity index (χ3n) is 4.82. The Bertz CT molecular complexity index is 1070. The first kappa shape index (κ1) is 21.2. The van der Waals surface area contributed by atoms with E-state index >= 15 is 0 Å². The molecule has 6 nitrogen and oxygen atoms in total. The molecule has 1 heterocycles. The smallest absolute Gasteiger partial charge is 0.342 e. The molecule has 0 fully saturated rings. The third kappa shape index (κ3) is 4.74. The van der Waals surface area contributed by atoms with Crippen LogP contribution >= 0.6 is 0 Å². The summed E-state index contributed by atoms with van der Waals surface area (Å²) in [6.07, 6.45) is -1.10. The molecule has 0 saturated carbocycles. The number of carbonyl (C=O) groups excluding carboxylic acids is 2. The van der Waals surface area contributed by atoms with Gasteiger partial charge in [-0.05, 0) is 45.4 Å². The van der Waals surface area contributed by atoms with Crippen LogP contribution in [0.2, 0.25) is 0 Å². The van der Waals surface area contributed by atoms with E-state index < -0.39 is 23.8 Å². The number of para-hydroxylation sites is 1. The number of hydrogen-bond acceptors (Lipinski definition) is 4. The molecule has 1 N–H and O–H groups in total. The maximum Gasteiger partial charge on any atom is 0.342 e. The van der Waals surface area contributed by atoms with Crippen molar-refractivity contribution in [1.82, 2.24) is 9.78 Å². The second kappa shape index (κ2) is 8.90. The van der Waals surface area contributed by atoms with Gasteiger partial charge in [0.15, 0.2) is 6.10 Å². The minimum Gasteiger partial charge on any atom is -0.449 e. The van der Waals surface area contributed by atoms with Gasteiger partial charge < -0.3 is 10.1 Å². The van der Waals surface area contributed by atoms with Gasteiger partial charge in [0, 0.05) is 0 Å². The van der Waals surface area contributed by atoms with Crippen molar-refractivity contribution in [2.45, 2.75) is 40.3 Å². The molecule has 156 valence electrons. The van der Waals surface area contributed by atoms with Crippen molar-refractivity contribution in [3.8, 4) is 0 Å². The number of aromatic nitrogens is 2. The maximum absolute atomic E-state index is 13.7. The first-order chi connectivity index (χ1) is 14.3. The van der Waals surface area contributed by atoms with Gasteiger partial charge in [-0.25, -0.2) is 9.18 Å². The molecule has 0 aliphatic rings. The van der Waals surface area contributed by atoms with E-state index in [1.165, 1.54) is 30.7 Å². The number of rotatable bonds is 6. The molecular formula is C23H24FN3O3. The van der Waals surface area contributed by atoms with E-state index in [0.717, 1.165) is 5.56 Å². The summed E-state index contributed by atoms with van der Waals surface area (Å²) in [6.45, 7) is 7.48. The summed E-state index contributed by atoms with van der Waals surface area (Å²) in [5, 5.41) is 6.87. The number of benzene rings is 2. The molecule has 1 aromatic heterocycles. The number of hydrogen-bond donors (Lipinski definition) is 1. The Morgan fingerprint density at radius 1 is 1.10 bits per heavy atom. The minimum atomic E-state index is -1.10. The molecule has 0 radical (unpaired) electrons. The van der Waals surface area contributed by atoms with E-state index in [0.29, 0.717) is 23.5 Å².